The van der Waals surface area contributed by atoms with Crippen LogP contribution in [-0.2, 0) is 13.1 Å². The normalized spacial score (nSPS) is 10.9. The molecule has 0 N–H and O–H groups in total. The molecule has 0 saturated heterocycles. The second kappa shape index (κ2) is 8.94. The van der Waals surface area contributed by atoms with Crippen molar-refractivity contribution in [3.63, 3.8) is 0 Å². The lowest BCUT2D eigenvalue weighted by atomic mass is 10.1. The van der Waals surface area contributed by atoms with Crippen LogP contribution in [0.5, 0.6) is 0 Å². The Balaban J connectivity index is 1.48. The lowest BCUT2D eigenvalue weighted by Gasteiger charge is -2.25. The minimum atomic E-state index is -0.0257. The first-order valence-electron chi connectivity index (χ1n) is 10.7. The molecule has 5 aromatic rings. The lowest BCUT2D eigenvalue weighted by molar-refractivity contribution is 0.619. The summed E-state index contributed by atoms with van der Waals surface area (Å²) in [5.74, 6) is 0.588. The number of fused-ring (bicyclic) bond motifs is 1. The monoisotopic (exact) mass is 417 g/mol. The van der Waals surface area contributed by atoms with Crippen LogP contribution in [0.3, 0.4) is 0 Å². The van der Waals surface area contributed by atoms with Crippen LogP contribution < -0.4 is 10.3 Å². The second-order valence-electron chi connectivity index (χ2n) is 7.85. The van der Waals surface area contributed by atoms with Crippen molar-refractivity contribution in [2.45, 2.75) is 13.1 Å². The molecule has 0 amide bonds. The summed E-state index contributed by atoms with van der Waals surface area (Å²) >= 11 is 0. The lowest BCUT2D eigenvalue weighted by Crippen LogP contribution is -2.22. The first-order chi connectivity index (χ1) is 15.8. The molecule has 1 heterocycles. The van der Waals surface area contributed by atoms with E-state index in [1.165, 1.54) is 11.3 Å². The van der Waals surface area contributed by atoms with Gasteiger partial charge < -0.3 is 9.32 Å². The predicted octanol–water partition coefficient (Wildman–Crippen LogP) is 6.67. The summed E-state index contributed by atoms with van der Waals surface area (Å²) in [5.41, 5.74) is 5.06. The summed E-state index contributed by atoms with van der Waals surface area (Å²) in [6.07, 6.45) is 0. The van der Waals surface area contributed by atoms with Crippen LogP contribution in [0.1, 0.15) is 11.1 Å². The molecule has 4 aromatic carbocycles. The van der Waals surface area contributed by atoms with Gasteiger partial charge in [0.2, 0.25) is 0 Å². The third kappa shape index (κ3) is 4.33. The number of hydrogen-bond donors (Lipinski definition) is 0. The molecule has 0 bridgehead atoms. The van der Waals surface area contributed by atoms with Gasteiger partial charge in [0.05, 0.1) is 5.39 Å². The molecule has 156 valence electrons. The van der Waals surface area contributed by atoms with Crippen molar-refractivity contribution in [1.82, 2.24) is 0 Å². The molecule has 0 spiro atoms. The van der Waals surface area contributed by atoms with Crippen molar-refractivity contribution in [2.75, 3.05) is 4.90 Å². The SMILES string of the molecule is O=c1cc(-c2cccc(CN(Cc3ccccc3)c3ccccc3)c2)oc2ccccc12. The highest BCUT2D eigenvalue weighted by molar-refractivity contribution is 5.78. The van der Waals surface area contributed by atoms with E-state index in [1.807, 2.05) is 42.5 Å². The van der Waals surface area contributed by atoms with Gasteiger partial charge in [-0.2, -0.15) is 0 Å². The summed E-state index contributed by atoms with van der Waals surface area (Å²) in [4.78, 5) is 14.9. The van der Waals surface area contributed by atoms with Crippen molar-refractivity contribution in [3.05, 3.63) is 137 Å². The number of anilines is 1. The highest BCUT2D eigenvalue weighted by Crippen LogP contribution is 2.25. The van der Waals surface area contributed by atoms with Crippen molar-refractivity contribution < 1.29 is 4.42 Å². The fraction of sp³-hybridized carbons (Fsp3) is 0.0690. The van der Waals surface area contributed by atoms with E-state index >= 15 is 0 Å². The molecule has 0 unspecified atom stereocenters. The second-order valence-corrected chi connectivity index (χ2v) is 7.85. The molecule has 5 rings (SSSR count). The molecule has 32 heavy (non-hydrogen) atoms. The van der Waals surface area contributed by atoms with Gasteiger partial charge in [-0.15, -0.1) is 0 Å². The molecule has 3 nitrogen and oxygen atoms in total. The summed E-state index contributed by atoms with van der Waals surface area (Å²) < 4.78 is 6.06. The van der Waals surface area contributed by atoms with E-state index in [4.69, 9.17) is 4.42 Å². The first-order valence-corrected chi connectivity index (χ1v) is 10.7. The number of para-hydroxylation sites is 2. The van der Waals surface area contributed by atoms with E-state index in [9.17, 15) is 4.79 Å². The molecule has 1 aromatic heterocycles. The minimum Gasteiger partial charge on any atom is -0.456 e. The first kappa shape index (κ1) is 19.8. The van der Waals surface area contributed by atoms with E-state index in [2.05, 4.69) is 65.6 Å². The molecule has 0 fully saturated rings. The molecule has 0 aliphatic heterocycles. The highest BCUT2D eigenvalue weighted by atomic mass is 16.3. The average Bonchev–Trinajstić information content (AvgIpc) is 2.85. The van der Waals surface area contributed by atoms with Gasteiger partial charge >= 0.3 is 0 Å². The maximum Gasteiger partial charge on any atom is 0.193 e. The topological polar surface area (TPSA) is 33.5 Å². The number of rotatable bonds is 6. The molecular weight excluding hydrogens is 394 g/mol. The number of nitrogens with zero attached hydrogens (tertiary/aromatic N) is 1. The van der Waals surface area contributed by atoms with Gasteiger partial charge in [0, 0.05) is 30.4 Å². The molecular formula is C29H23NO2. The van der Waals surface area contributed by atoms with Crippen LogP contribution >= 0.6 is 0 Å². The largest absolute Gasteiger partial charge is 0.456 e. The van der Waals surface area contributed by atoms with Gasteiger partial charge in [-0.1, -0.05) is 78.9 Å². The third-order valence-electron chi connectivity index (χ3n) is 5.56. The maximum atomic E-state index is 12.6. The zero-order chi connectivity index (χ0) is 21.8. The number of hydrogen-bond acceptors (Lipinski definition) is 3. The summed E-state index contributed by atoms with van der Waals surface area (Å²) in [6.45, 7) is 1.55. The predicted molar refractivity (Wildman–Crippen MR) is 131 cm³/mol. The van der Waals surface area contributed by atoms with Crippen LogP contribution in [0, 0.1) is 0 Å². The van der Waals surface area contributed by atoms with Crippen LogP contribution in [0.4, 0.5) is 5.69 Å². The average molecular weight is 418 g/mol. The fourth-order valence-corrected chi connectivity index (χ4v) is 3.97. The Bertz CT molecular complexity index is 1390. The van der Waals surface area contributed by atoms with E-state index < -0.39 is 0 Å². The Morgan fingerprint density at radius 3 is 2.09 bits per heavy atom. The van der Waals surface area contributed by atoms with Gasteiger partial charge in [-0.25, -0.2) is 0 Å². The van der Waals surface area contributed by atoms with Crippen molar-refractivity contribution >= 4 is 16.7 Å². The Hall–Kier alpha value is -4.11. The van der Waals surface area contributed by atoms with Gasteiger partial charge in [-0.05, 0) is 41.5 Å². The molecule has 0 aliphatic carbocycles. The molecule has 0 radical (unpaired) electrons. The summed E-state index contributed by atoms with van der Waals surface area (Å²) in [7, 11) is 0. The van der Waals surface area contributed by atoms with Crippen LogP contribution in [-0.4, -0.2) is 0 Å². The van der Waals surface area contributed by atoms with Gasteiger partial charge in [0.15, 0.2) is 5.43 Å². The Morgan fingerprint density at radius 1 is 0.625 bits per heavy atom. The quantitative estimate of drug-likeness (QED) is 0.309. The molecule has 0 aliphatic rings. The molecule has 3 heteroatoms. The summed E-state index contributed by atoms with van der Waals surface area (Å²) in [6, 6.07) is 38.1. The van der Waals surface area contributed by atoms with Crippen LogP contribution in [0.2, 0.25) is 0 Å². The van der Waals surface area contributed by atoms with Gasteiger partial charge in [0.1, 0.15) is 11.3 Å². The Labute approximate surface area is 187 Å². The Kier molecular flexibility index (Phi) is 5.54. The molecule has 0 atom stereocenters. The van der Waals surface area contributed by atoms with Crippen molar-refractivity contribution in [2.24, 2.45) is 0 Å². The summed E-state index contributed by atoms with van der Waals surface area (Å²) in [5, 5.41) is 0.602. The highest BCUT2D eigenvalue weighted by Gasteiger charge is 2.11. The minimum absolute atomic E-state index is 0.0257. The van der Waals surface area contributed by atoms with E-state index in [0.717, 1.165) is 24.2 Å². The van der Waals surface area contributed by atoms with Gasteiger partial charge in [0.25, 0.3) is 0 Å². The zero-order valence-corrected chi connectivity index (χ0v) is 17.6. The van der Waals surface area contributed by atoms with Crippen LogP contribution in [0.25, 0.3) is 22.3 Å². The van der Waals surface area contributed by atoms with Crippen molar-refractivity contribution in [3.8, 4) is 11.3 Å². The maximum absolute atomic E-state index is 12.6. The van der Waals surface area contributed by atoms with E-state index in [1.54, 1.807) is 12.1 Å². The van der Waals surface area contributed by atoms with Crippen LogP contribution in [0.15, 0.2) is 124 Å². The van der Waals surface area contributed by atoms with E-state index in [0.29, 0.717) is 16.7 Å². The van der Waals surface area contributed by atoms with Gasteiger partial charge in [-0.3, -0.25) is 4.79 Å². The fourth-order valence-electron chi connectivity index (χ4n) is 3.97. The Morgan fingerprint density at radius 2 is 1.28 bits per heavy atom. The van der Waals surface area contributed by atoms with Crippen molar-refractivity contribution in [1.29, 1.82) is 0 Å². The number of benzene rings is 4. The zero-order valence-electron chi connectivity index (χ0n) is 17.6. The third-order valence-corrected chi connectivity index (χ3v) is 5.56. The standard InChI is InChI=1S/C29H23NO2/c31-27-19-29(32-28-17-8-7-16-26(27)28)24-13-9-12-23(18-24)21-30(25-14-5-2-6-15-25)20-22-10-3-1-4-11-22/h1-19H,20-21H2. The smallest absolute Gasteiger partial charge is 0.193 e. The molecule has 0 saturated carbocycles. The van der Waals surface area contributed by atoms with E-state index in [-0.39, 0.29) is 5.43 Å².